The van der Waals surface area contributed by atoms with Gasteiger partial charge in [-0.2, -0.15) is 0 Å². The monoisotopic (exact) mass is 513 g/mol. The first-order valence-corrected chi connectivity index (χ1v) is 12.9. The fourth-order valence-electron chi connectivity index (χ4n) is 6.90. The second kappa shape index (κ2) is 8.30. The molecule has 3 aliphatic carbocycles. The number of nitrogens with zero attached hydrogens (tertiary/aromatic N) is 3. The minimum Gasteiger partial charge on any atom is -0.274 e. The summed E-state index contributed by atoms with van der Waals surface area (Å²) in [6, 6.07) is 29.6. The third-order valence-electron chi connectivity index (χ3n) is 8.45. The van der Waals surface area contributed by atoms with Gasteiger partial charge < -0.3 is 0 Å². The van der Waals surface area contributed by atoms with Gasteiger partial charge in [-0.15, -0.1) is 0 Å². The Balaban J connectivity index is 1.50. The summed E-state index contributed by atoms with van der Waals surface area (Å²) in [7, 11) is 0. The summed E-state index contributed by atoms with van der Waals surface area (Å²) < 4.78 is 0. The van der Waals surface area contributed by atoms with E-state index in [1.54, 1.807) is 6.07 Å². The molecule has 7 heteroatoms. The van der Waals surface area contributed by atoms with Gasteiger partial charge in [-0.05, 0) is 47.4 Å². The van der Waals surface area contributed by atoms with E-state index in [0.717, 1.165) is 38.4 Å². The molecule has 0 radical (unpaired) electrons. The average Bonchev–Trinajstić information content (AvgIpc) is 3.23. The summed E-state index contributed by atoms with van der Waals surface area (Å²) >= 11 is 0. The summed E-state index contributed by atoms with van der Waals surface area (Å²) in [5.74, 6) is -2.72. The van der Waals surface area contributed by atoms with Crippen molar-refractivity contribution in [3.63, 3.8) is 0 Å². The largest absolute Gasteiger partial charge is 0.293 e. The molecule has 0 N–H and O–H groups in total. The second-order valence-corrected chi connectivity index (χ2v) is 10.4. The number of para-hydroxylation sites is 2. The number of nitro groups is 1. The molecule has 39 heavy (non-hydrogen) atoms. The minimum atomic E-state index is -1.03. The molecular formula is C32H23N3O4. The molecule has 1 fully saturated rings. The number of aliphatic imine (C=N–C) groups is 1. The molecule has 2 amide bonds. The highest BCUT2D eigenvalue weighted by molar-refractivity contribution is 6.25. The van der Waals surface area contributed by atoms with Crippen molar-refractivity contribution in [1.82, 2.24) is 0 Å². The quantitative estimate of drug-likeness (QED) is 0.148. The zero-order valence-corrected chi connectivity index (χ0v) is 21.0. The number of hydrogen-bond acceptors (Lipinski definition) is 5. The summed E-state index contributed by atoms with van der Waals surface area (Å²) in [5, 5.41) is 11.9. The van der Waals surface area contributed by atoms with Crippen LogP contribution in [-0.2, 0) is 15.0 Å². The topological polar surface area (TPSA) is 92.9 Å². The van der Waals surface area contributed by atoms with Crippen LogP contribution in [0, 0.1) is 28.9 Å². The first-order chi connectivity index (χ1) is 18.9. The Morgan fingerprint density at radius 1 is 0.821 bits per heavy atom. The van der Waals surface area contributed by atoms with E-state index in [4.69, 9.17) is 4.99 Å². The summed E-state index contributed by atoms with van der Waals surface area (Å²) in [4.78, 5) is 45.9. The Morgan fingerprint density at radius 3 is 2.05 bits per heavy atom. The van der Waals surface area contributed by atoms with Gasteiger partial charge in [0.25, 0.3) is 5.69 Å². The van der Waals surface area contributed by atoms with Crippen molar-refractivity contribution in [3.05, 3.63) is 135 Å². The maximum Gasteiger partial charge on any atom is 0.293 e. The lowest BCUT2D eigenvalue weighted by Gasteiger charge is -2.52. The van der Waals surface area contributed by atoms with E-state index in [1.165, 1.54) is 18.2 Å². The molecule has 0 unspecified atom stereocenters. The first-order valence-electron chi connectivity index (χ1n) is 12.9. The van der Waals surface area contributed by atoms with E-state index in [-0.39, 0.29) is 17.3 Å². The standard InChI is InChI=1S/C32H23N3O4/c1-19-14-16-20(17-15-19)33-18-32-23-10-4-2-8-21(23)27(22-9-3-5-11-24(22)32)28-29(32)31(37)34(30(28)36)25-12-6-7-13-26(25)35(38)39/h2-18,27-29H,1H3/t27?,28-,29-,32?/m1/s1. The Kier molecular flexibility index (Phi) is 4.94. The van der Waals surface area contributed by atoms with Crippen LogP contribution in [0.5, 0.6) is 0 Å². The van der Waals surface area contributed by atoms with Crippen molar-refractivity contribution in [3.8, 4) is 0 Å². The third-order valence-corrected chi connectivity index (χ3v) is 8.45. The van der Waals surface area contributed by atoms with Gasteiger partial charge in [0.05, 0.1) is 27.9 Å². The van der Waals surface area contributed by atoms with Crippen LogP contribution in [-0.4, -0.2) is 23.0 Å². The van der Waals surface area contributed by atoms with Gasteiger partial charge in [0.1, 0.15) is 5.69 Å². The molecule has 0 aromatic heterocycles. The second-order valence-electron chi connectivity index (χ2n) is 10.4. The molecule has 1 aliphatic heterocycles. The van der Waals surface area contributed by atoms with E-state index in [9.17, 15) is 19.7 Å². The number of nitro benzene ring substituents is 1. The van der Waals surface area contributed by atoms with Crippen molar-refractivity contribution in [2.45, 2.75) is 18.3 Å². The zero-order chi connectivity index (χ0) is 26.9. The summed E-state index contributed by atoms with van der Waals surface area (Å²) in [6.45, 7) is 2.01. The zero-order valence-electron chi connectivity index (χ0n) is 21.0. The maximum absolute atomic E-state index is 14.4. The molecule has 7 nitrogen and oxygen atoms in total. The van der Waals surface area contributed by atoms with Crippen LogP contribution in [0.4, 0.5) is 17.1 Å². The minimum absolute atomic E-state index is 0.00466. The van der Waals surface area contributed by atoms with Crippen LogP contribution in [0.3, 0.4) is 0 Å². The molecule has 0 saturated carbocycles. The van der Waals surface area contributed by atoms with E-state index in [0.29, 0.717) is 0 Å². The number of rotatable bonds is 4. The number of benzene rings is 4. The number of imide groups is 1. The maximum atomic E-state index is 14.4. The number of carbonyl (C=O) groups excluding carboxylic acids is 2. The van der Waals surface area contributed by atoms with Gasteiger partial charge >= 0.3 is 0 Å². The predicted octanol–water partition coefficient (Wildman–Crippen LogP) is 5.86. The van der Waals surface area contributed by atoms with E-state index < -0.39 is 34.0 Å². The number of carbonyl (C=O) groups is 2. The molecule has 8 rings (SSSR count). The van der Waals surface area contributed by atoms with Gasteiger partial charge in [0.2, 0.25) is 11.8 Å². The van der Waals surface area contributed by atoms with Crippen LogP contribution in [0.1, 0.15) is 33.7 Å². The molecule has 1 heterocycles. The number of aryl methyl sites for hydroxylation is 1. The van der Waals surface area contributed by atoms with Crippen molar-refractivity contribution in [2.75, 3.05) is 4.90 Å². The Labute approximate surface area is 224 Å². The van der Waals surface area contributed by atoms with Crippen LogP contribution in [0.15, 0.2) is 102 Å². The molecule has 0 spiro atoms. The molecule has 4 aromatic carbocycles. The van der Waals surface area contributed by atoms with E-state index in [1.807, 2.05) is 85.9 Å². The average molecular weight is 514 g/mol. The number of anilines is 1. The van der Waals surface area contributed by atoms with Gasteiger partial charge in [-0.25, -0.2) is 4.90 Å². The smallest absolute Gasteiger partial charge is 0.274 e. The molecular weight excluding hydrogens is 490 g/mol. The van der Waals surface area contributed by atoms with Crippen LogP contribution >= 0.6 is 0 Å². The Bertz CT molecular complexity index is 1680. The van der Waals surface area contributed by atoms with Gasteiger partial charge in [-0.3, -0.25) is 24.7 Å². The fraction of sp³-hybridized carbons (Fsp3) is 0.156. The Morgan fingerprint density at radius 2 is 1.41 bits per heavy atom. The summed E-state index contributed by atoms with van der Waals surface area (Å²) in [6.07, 6.45) is 1.83. The van der Waals surface area contributed by atoms with Gasteiger partial charge in [0.15, 0.2) is 0 Å². The van der Waals surface area contributed by atoms with Crippen molar-refractivity contribution < 1.29 is 14.5 Å². The molecule has 2 atom stereocenters. The first kappa shape index (κ1) is 23.2. The molecule has 1 saturated heterocycles. The number of hydrogen-bond donors (Lipinski definition) is 0. The van der Waals surface area contributed by atoms with Crippen LogP contribution in [0.25, 0.3) is 0 Å². The summed E-state index contributed by atoms with van der Waals surface area (Å²) in [5.41, 5.74) is 4.40. The highest BCUT2D eigenvalue weighted by Crippen LogP contribution is 2.64. The van der Waals surface area contributed by atoms with Crippen molar-refractivity contribution in [2.24, 2.45) is 16.8 Å². The van der Waals surface area contributed by atoms with Crippen LogP contribution in [0.2, 0.25) is 0 Å². The lowest BCUT2D eigenvalue weighted by molar-refractivity contribution is -0.384. The van der Waals surface area contributed by atoms with Crippen molar-refractivity contribution in [1.29, 1.82) is 0 Å². The highest BCUT2D eigenvalue weighted by Gasteiger charge is 2.68. The van der Waals surface area contributed by atoms with Crippen molar-refractivity contribution >= 4 is 35.1 Å². The van der Waals surface area contributed by atoms with Crippen LogP contribution < -0.4 is 4.90 Å². The fourth-order valence-corrected chi connectivity index (χ4v) is 6.90. The Hall–Kier alpha value is -4.91. The van der Waals surface area contributed by atoms with Gasteiger partial charge in [0, 0.05) is 18.2 Å². The lowest BCUT2D eigenvalue weighted by Crippen LogP contribution is -2.54. The van der Waals surface area contributed by atoms with Gasteiger partial charge in [-0.1, -0.05) is 78.4 Å². The molecule has 190 valence electrons. The highest BCUT2D eigenvalue weighted by atomic mass is 16.6. The molecule has 2 bridgehead atoms. The lowest BCUT2D eigenvalue weighted by atomic mass is 9.47. The normalized spacial score (nSPS) is 24.5. The van der Waals surface area contributed by atoms with E-state index >= 15 is 0 Å². The number of amides is 2. The third kappa shape index (κ3) is 3.07. The van der Waals surface area contributed by atoms with E-state index in [2.05, 4.69) is 0 Å². The molecule has 4 aromatic rings. The molecule has 4 aliphatic rings. The predicted molar refractivity (Wildman–Crippen MR) is 147 cm³/mol. The SMILES string of the molecule is Cc1ccc(N=CC23c4ccccc4C(c4ccccc42)[C@H]2C(=O)N(c4ccccc4[N+](=O)[O-])C(=O)[C@@H]23)cc1.